The lowest BCUT2D eigenvalue weighted by Gasteiger charge is -2.35. The Hall–Kier alpha value is -1.10. The zero-order valence-corrected chi connectivity index (χ0v) is 11.6. The highest BCUT2D eigenvalue weighted by Crippen LogP contribution is 2.59. The molecule has 2 heterocycles. The van der Waals surface area contributed by atoms with Gasteiger partial charge in [-0.1, -0.05) is 6.92 Å². The molecule has 2 amide bonds. The molecule has 0 aromatic heterocycles. The molecule has 0 aromatic rings. The van der Waals surface area contributed by atoms with Crippen LogP contribution in [0.2, 0.25) is 0 Å². The zero-order valence-electron chi connectivity index (χ0n) is 11.6. The van der Waals surface area contributed by atoms with Crippen molar-refractivity contribution >= 4 is 11.8 Å². The van der Waals surface area contributed by atoms with Crippen molar-refractivity contribution in [3.05, 3.63) is 0 Å². The first-order chi connectivity index (χ1) is 9.18. The molecule has 3 rings (SSSR count). The quantitative estimate of drug-likeness (QED) is 0.745. The minimum atomic E-state index is -0.249. The molecule has 2 aliphatic heterocycles. The van der Waals surface area contributed by atoms with Crippen LogP contribution < -0.4 is 10.6 Å². The second kappa shape index (κ2) is 4.78. The Balaban J connectivity index is 1.68. The van der Waals surface area contributed by atoms with E-state index < -0.39 is 0 Å². The Kier molecular flexibility index (Phi) is 3.25. The third-order valence-electron chi connectivity index (χ3n) is 5.09. The fourth-order valence-electron chi connectivity index (χ4n) is 3.76. The third kappa shape index (κ3) is 2.14. The molecule has 2 N–H and O–H groups in total. The van der Waals surface area contributed by atoms with E-state index in [1.54, 1.807) is 0 Å². The minimum absolute atomic E-state index is 0.0158. The molecule has 0 bridgehead atoms. The molecule has 3 fully saturated rings. The molecule has 2 saturated heterocycles. The van der Waals surface area contributed by atoms with Crippen molar-refractivity contribution in [2.45, 2.75) is 38.6 Å². The number of rotatable bonds is 2. The first-order valence-corrected chi connectivity index (χ1v) is 7.47. The van der Waals surface area contributed by atoms with E-state index in [4.69, 9.17) is 0 Å². The predicted octanol–water partition coefficient (Wildman–Crippen LogP) is 0.113. The molecular weight excluding hydrogens is 242 g/mol. The van der Waals surface area contributed by atoms with Crippen LogP contribution in [-0.4, -0.2) is 48.9 Å². The standard InChI is InChI=1S/C14H23N3O2/c1-2-11-12(18)16-7-8-17(11)13(19)10-9-14(10)3-5-15-6-4-14/h10-11,15H,2-9H2,1H3,(H,16,18)/t10-,11-/m0/s1. The summed E-state index contributed by atoms with van der Waals surface area (Å²) < 4.78 is 0. The summed E-state index contributed by atoms with van der Waals surface area (Å²) in [6.45, 7) is 5.31. The Bertz CT molecular complexity index is 390. The topological polar surface area (TPSA) is 61.4 Å². The van der Waals surface area contributed by atoms with Crippen molar-refractivity contribution in [2.75, 3.05) is 26.2 Å². The number of hydrogen-bond acceptors (Lipinski definition) is 3. The van der Waals surface area contributed by atoms with E-state index in [0.29, 0.717) is 19.5 Å². The predicted molar refractivity (Wildman–Crippen MR) is 71.4 cm³/mol. The fourth-order valence-corrected chi connectivity index (χ4v) is 3.76. The van der Waals surface area contributed by atoms with Gasteiger partial charge < -0.3 is 15.5 Å². The largest absolute Gasteiger partial charge is 0.353 e. The number of piperazine rings is 1. The maximum Gasteiger partial charge on any atom is 0.242 e. The van der Waals surface area contributed by atoms with Crippen molar-refractivity contribution in [1.82, 2.24) is 15.5 Å². The summed E-state index contributed by atoms with van der Waals surface area (Å²) in [5.74, 6) is 0.417. The first-order valence-electron chi connectivity index (χ1n) is 7.47. The lowest BCUT2D eigenvalue weighted by molar-refractivity contribution is -0.145. The number of amides is 2. The molecule has 0 aromatic carbocycles. The normalized spacial score (nSPS) is 33.1. The molecule has 0 unspecified atom stereocenters. The highest BCUT2D eigenvalue weighted by Gasteiger charge is 2.59. The molecule has 1 saturated carbocycles. The van der Waals surface area contributed by atoms with Crippen LogP contribution in [0.25, 0.3) is 0 Å². The molecule has 3 aliphatic rings. The van der Waals surface area contributed by atoms with Gasteiger partial charge in [-0.2, -0.15) is 0 Å². The molecule has 2 atom stereocenters. The van der Waals surface area contributed by atoms with E-state index in [-0.39, 0.29) is 29.2 Å². The van der Waals surface area contributed by atoms with Crippen LogP contribution >= 0.6 is 0 Å². The molecule has 19 heavy (non-hydrogen) atoms. The molecular formula is C14H23N3O2. The fraction of sp³-hybridized carbons (Fsp3) is 0.857. The van der Waals surface area contributed by atoms with Gasteiger partial charge in [-0.05, 0) is 44.2 Å². The second-order valence-corrected chi connectivity index (χ2v) is 6.12. The van der Waals surface area contributed by atoms with Crippen LogP contribution in [0, 0.1) is 11.3 Å². The monoisotopic (exact) mass is 265 g/mol. The van der Waals surface area contributed by atoms with E-state index in [9.17, 15) is 9.59 Å². The Morgan fingerprint density at radius 1 is 1.37 bits per heavy atom. The lowest BCUT2D eigenvalue weighted by Crippen LogP contribution is -2.57. The summed E-state index contributed by atoms with van der Waals surface area (Å²) in [5, 5.41) is 6.21. The van der Waals surface area contributed by atoms with Crippen LogP contribution in [0.5, 0.6) is 0 Å². The third-order valence-corrected chi connectivity index (χ3v) is 5.09. The van der Waals surface area contributed by atoms with Gasteiger partial charge in [0, 0.05) is 19.0 Å². The van der Waals surface area contributed by atoms with Gasteiger partial charge in [0.25, 0.3) is 0 Å². The van der Waals surface area contributed by atoms with E-state index >= 15 is 0 Å². The number of nitrogens with zero attached hydrogens (tertiary/aromatic N) is 1. The first kappa shape index (κ1) is 12.9. The molecule has 5 heteroatoms. The SMILES string of the molecule is CC[C@H]1C(=O)NCCN1C(=O)[C@@H]1CC12CCNCC2. The van der Waals surface area contributed by atoms with E-state index in [2.05, 4.69) is 10.6 Å². The van der Waals surface area contributed by atoms with Crippen molar-refractivity contribution in [2.24, 2.45) is 11.3 Å². The van der Waals surface area contributed by atoms with E-state index in [1.807, 2.05) is 11.8 Å². The highest BCUT2D eigenvalue weighted by molar-refractivity contribution is 5.91. The van der Waals surface area contributed by atoms with Gasteiger partial charge in [-0.25, -0.2) is 0 Å². The molecule has 1 spiro atoms. The minimum Gasteiger partial charge on any atom is -0.353 e. The zero-order chi connectivity index (χ0) is 13.5. The summed E-state index contributed by atoms with van der Waals surface area (Å²) in [7, 11) is 0. The van der Waals surface area contributed by atoms with Crippen molar-refractivity contribution < 1.29 is 9.59 Å². The van der Waals surface area contributed by atoms with Gasteiger partial charge >= 0.3 is 0 Å². The smallest absolute Gasteiger partial charge is 0.242 e. The average Bonchev–Trinajstić information content (AvgIpc) is 3.12. The molecule has 106 valence electrons. The summed E-state index contributed by atoms with van der Waals surface area (Å²) in [4.78, 5) is 26.3. The summed E-state index contributed by atoms with van der Waals surface area (Å²) >= 11 is 0. The summed E-state index contributed by atoms with van der Waals surface area (Å²) in [6, 6.07) is -0.249. The van der Waals surface area contributed by atoms with Gasteiger partial charge in [-0.15, -0.1) is 0 Å². The van der Waals surface area contributed by atoms with Crippen LogP contribution in [-0.2, 0) is 9.59 Å². The van der Waals surface area contributed by atoms with Crippen LogP contribution in [0.4, 0.5) is 0 Å². The second-order valence-electron chi connectivity index (χ2n) is 6.12. The van der Waals surface area contributed by atoms with E-state index in [0.717, 1.165) is 32.4 Å². The maximum atomic E-state index is 12.7. The number of nitrogens with one attached hydrogen (secondary N) is 2. The van der Waals surface area contributed by atoms with E-state index in [1.165, 1.54) is 0 Å². The van der Waals surface area contributed by atoms with Gasteiger partial charge in [0.15, 0.2) is 0 Å². The van der Waals surface area contributed by atoms with Crippen molar-refractivity contribution in [3.63, 3.8) is 0 Å². The maximum absolute atomic E-state index is 12.7. The summed E-state index contributed by atoms with van der Waals surface area (Å²) in [6.07, 6.45) is 3.96. The number of piperidine rings is 1. The van der Waals surface area contributed by atoms with Gasteiger partial charge in [0.1, 0.15) is 6.04 Å². The van der Waals surface area contributed by atoms with Crippen LogP contribution in [0.3, 0.4) is 0 Å². The Morgan fingerprint density at radius 3 is 2.79 bits per heavy atom. The van der Waals surface area contributed by atoms with Crippen molar-refractivity contribution in [3.8, 4) is 0 Å². The van der Waals surface area contributed by atoms with Crippen LogP contribution in [0.15, 0.2) is 0 Å². The number of hydrogen-bond donors (Lipinski definition) is 2. The molecule has 5 nitrogen and oxygen atoms in total. The summed E-state index contributed by atoms with van der Waals surface area (Å²) in [5.41, 5.74) is 0.258. The van der Waals surface area contributed by atoms with Gasteiger partial charge in [-0.3, -0.25) is 9.59 Å². The number of carbonyl (C=O) groups is 2. The highest BCUT2D eigenvalue weighted by atomic mass is 16.2. The van der Waals surface area contributed by atoms with Crippen molar-refractivity contribution in [1.29, 1.82) is 0 Å². The van der Waals surface area contributed by atoms with Gasteiger partial charge in [0.05, 0.1) is 0 Å². The Labute approximate surface area is 114 Å². The Morgan fingerprint density at radius 2 is 2.11 bits per heavy atom. The number of carbonyl (C=O) groups excluding carboxylic acids is 2. The molecule has 1 aliphatic carbocycles. The van der Waals surface area contributed by atoms with Crippen LogP contribution in [0.1, 0.15) is 32.6 Å². The average molecular weight is 265 g/mol. The molecule has 0 radical (unpaired) electrons. The lowest BCUT2D eigenvalue weighted by atomic mass is 9.91. The van der Waals surface area contributed by atoms with Gasteiger partial charge in [0.2, 0.25) is 11.8 Å².